The van der Waals surface area contributed by atoms with Crippen molar-refractivity contribution in [3.05, 3.63) is 36.0 Å². The van der Waals surface area contributed by atoms with E-state index in [-0.39, 0.29) is 5.90 Å². The van der Waals surface area contributed by atoms with Gasteiger partial charge in [-0.3, -0.25) is 5.41 Å². The summed E-state index contributed by atoms with van der Waals surface area (Å²) in [6, 6.07) is 7.54. The zero-order valence-corrected chi connectivity index (χ0v) is 7.69. The molecule has 0 fully saturated rings. The van der Waals surface area contributed by atoms with Crippen LogP contribution >= 0.6 is 0 Å². The van der Waals surface area contributed by atoms with Crippen molar-refractivity contribution in [1.82, 2.24) is 10.2 Å². The van der Waals surface area contributed by atoms with E-state index in [0.29, 0.717) is 5.56 Å². The predicted octanol–water partition coefficient (Wildman–Crippen LogP) is 1.60. The molecule has 1 aromatic heterocycles. The molecule has 4 nitrogen and oxygen atoms in total. The lowest BCUT2D eigenvalue weighted by atomic mass is 10.1. The number of methoxy groups -OCH3 is 1. The molecule has 0 spiro atoms. The predicted molar refractivity (Wildman–Crippen MR) is 53.4 cm³/mol. The maximum atomic E-state index is 7.57. The molecule has 14 heavy (non-hydrogen) atoms. The molecule has 1 aromatic carbocycles. The molecule has 4 heteroatoms. The van der Waals surface area contributed by atoms with Crippen molar-refractivity contribution in [2.24, 2.45) is 0 Å². The van der Waals surface area contributed by atoms with Gasteiger partial charge in [-0.15, -0.1) is 0 Å². The van der Waals surface area contributed by atoms with E-state index in [1.165, 1.54) is 13.3 Å². The van der Waals surface area contributed by atoms with Crippen molar-refractivity contribution in [3.63, 3.8) is 0 Å². The highest BCUT2D eigenvalue weighted by Gasteiger charge is 2.06. The molecular formula is C10H9N3O. The molecule has 0 radical (unpaired) electrons. The number of rotatable bonds is 1. The lowest BCUT2D eigenvalue weighted by molar-refractivity contribution is 0.401. The van der Waals surface area contributed by atoms with Crippen LogP contribution < -0.4 is 0 Å². The highest BCUT2D eigenvalue weighted by molar-refractivity contribution is 6.03. The molecular weight excluding hydrogens is 178 g/mol. The first-order valence-corrected chi connectivity index (χ1v) is 4.16. The molecule has 0 bridgehead atoms. The van der Waals surface area contributed by atoms with Crippen LogP contribution in [0.25, 0.3) is 10.9 Å². The fourth-order valence-electron chi connectivity index (χ4n) is 1.30. The van der Waals surface area contributed by atoms with E-state index in [4.69, 9.17) is 10.1 Å². The average Bonchev–Trinajstić information content (AvgIpc) is 2.27. The molecule has 0 unspecified atom stereocenters. The summed E-state index contributed by atoms with van der Waals surface area (Å²) in [5, 5.41) is 16.2. The molecule has 0 aliphatic carbocycles. The molecule has 1 heterocycles. The number of aromatic nitrogens is 2. The Kier molecular flexibility index (Phi) is 2.10. The van der Waals surface area contributed by atoms with Crippen molar-refractivity contribution < 1.29 is 4.74 Å². The van der Waals surface area contributed by atoms with Crippen LogP contribution in [-0.4, -0.2) is 23.2 Å². The standard InChI is InChI=1S/C10H9N3O/c1-14-10(11)8-6-12-13-9-5-3-2-4-7(8)9/h2-6,11H,1H3. The normalized spacial score (nSPS) is 10.1. The van der Waals surface area contributed by atoms with Gasteiger partial charge in [0.1, 0.15) is 0 Å². The van der Waals surface area contributed by atoms with Crippen LogP contribution in [0.15, 0.2) is 30.5 Å². The second-order valence-electron chi connectivity index (χ2n) is 2.81. The van der Waals surface area contributed by atoms with Crippen LogP contribution in [0.1, 0.15) is 5.56 Å². The van der Waals surface area contributed by atoms with Crippen LogP contribution in [0.5, 0.6) is 0 Å². The Morgan fingerprint density at radius 2 is 2.14 bits per heavy atom. The topological polar surface area (TPSA) is 58.9 Å². The van der Waals surface area contributed by atoms with Gasteiger partial charge in [0.2, 0.25) is 5.90 Å². The Bertz CT molecular complexity index is 476. The van der Waals surface area contributed by atoms with Crippen molar-refractivity contribution in [3.8, 4) is 0 Å². The first-order chi connectivity index (χ1) is 6.83. The zero-order valence-electron chi connectivity index (χ0n) is 7.69. The maximum absolute atomic E-state index is 7.57. The van der Waals surface area contributed by atoms with Gasteiger partial charge in [0, 0.05) is 5.39 Å². The largest absolute Gasteiger partial charge is 0.481 e. The first kappa shape index (κ1) is 8.62. The fraction of sp³-hybridized carbons (Fsp3) is 0.100. The van der Waals surface area contributed by atoms with Crippen molar-refractivity contribution in [2.75, 3.05) is 7.11 Å². The average molecular weight is 187 g/mol. The lowest BCUT2D eigenvalue weighted by Gasteiger charge is -2.04. The molecule has 0 atom stereocenters. The number of fused-ring (bicyclic) bond motifs is 1. The van der Waals surface area contributed by atoms with Crippen LogP contribution in [-0.2, 0) is 4.74 Å². The molecule has 0 aliphatic rings. The summed E-state index contributed by atoms with van der Waals surface area (Å²) >= 11 is 0. The van der Waals surface area contributed by atoms with E-state index >= 15 is 0 Å². The van der Waals surface area contributed by atoms with Gasteiger partial charge in [-0.05, 0) is 6.07 Å². The number of nitrogens with one attached hydrogen (secondary N) is 1. The van der Waals surface area contributed by atoms with E-state index < -0.39 is 0 Å². The quantitative estimate of drug-likeness (QED) is 0.545. The molecule has 0 saturated carbocycles. The summed E-state index contributed by atoms with van der Waals surface area (Å²) in [6.07, 6.45) is 1.54. The van der Waals surface area contributed by atoms with Gasteiger partial charge < -0.3 is 4.74 Å². The van der Waals surface area contributed by atoms with Gasteiger partial charge in [-0.1, -0.05) is 18.2 Å². The van der Waals surface area contributed by atoms with Gasteiger partial charge in [-0.2, -0.15) is 10.2 Å². The van der Waals surface area contributed by atoms with Crippen molar-refractivity contribution in [1.29, 1.82) is 5.41 Å². The minimum Gasteiger partial charge on any atom is -0.481 e. The third-order valence-corrected chi connectivity index (χ3v) is 2.00. The SMILES string of the molecule is COC(=N)c1cnnc2ccccc12. The van der Waals surface area contributed by atoms with Gasteiger partial charge in [0.25, 0.3) is 0 Å². The number of benzene rings is 1. The van der Waals surface area contributed by atoms with Crippen LogP contribution in [0.3, 0.4) is 0 Å². The fourth-order valence-corrected chi connectivity index (χ4v) is 1.30. The second-order valence-corrected chi connectivity index (χ2v) is 2.81. The number of hydrogen-bond donors (Lipinski definition) is 1. The van der Waals surface area contributed by atoms with Gasteiger partial charge in [0.05, 0.1) is 24.4 Å². The zero-order chi connectivity index (χ0) is 9.97. The summed E-state index contributed by atoms with van der Waals surface area (Å²) in [4.78, 5) is 0. The van der Waals surface area contributed by atoms with E-state index in [1.807, 2.05) is 24.3 Å². The monoisotopic (exact) mass is 187 g/mol. The number of nitrogens with zero attached hydrogens (tertiary/aromatic N) is 2. The number of ether oxygens (including phenoxy) is 1. The molecule has 70 valence electrons. The number of hydrogen-bond acceptors (Lipinski definition) is 4. The smallest absolute Gasteiger partial charge is 0.215 e. The first-order valence-electron chi connectivity index (χ1n) is 4.16. The Hall–Kier alpha value is -1.97. The molecule has 1 N–H and O–H groups in total. The highest BCUT2D eigenvalue weighted by Crippen LogP contribution is 2.15. The summed E-state index contributed by atoms with van der Waals surface area (Å²) in [6.45, 7) is 0. The maximum Gasteiger partial charge on any atom is 0.215 e. The molecule has 0 saturated heterocycles. The third kappa shape index (κ3) is 1.31. The van der Waals surface area contributed by atoms with E-state index in [1.54, 1.807) is 0 Å². The minimum absolute atomic E-state index is 0.108. The molecule has 0 amide bonds. The summed E-state index contributed by atoms with van der Waals surface area (Å²) in [5.74, 6) is 0.108. The van der Waals surface area contributed by atoms with Crippen LogP contribution in [0.2, 0.25) is 0 Å². The Balaban J connectivity index is 2.71. The van der Waals surface area contributed by atoms with Gasteiger partial charge in [-0.25, -0.2) is 0 Å². The molecule has 2 aromatic rings. The minimum atomic E-state index is 0.108. The molecule has 2 rings (SSSR count). The Morgan fingerprint density at radius 3 is 2.93 bits per heavy atom. The highest BCUT2D eigenvalue weighted by atomic mass is 16.5. The summed E-state index contributed by atoms with van der Waals surface area (Å²) < 4.78 is 4.86. The van der Waals surface area contributed by atoms with Crippen LogP contribution in [0.4, 0.5) is 0 Å². The van der Waals surface area contributed by atoms with Crippen molar-refractivity contribution in [2.45, 2.75) is 0 Å². The summed E-state index contributed by atoms with van der Waals surface area (Å²) in [5.41, 5.74) is 1.44. The summed E-state index contributed by atoms with van der Waals surface area (Å²) in [7, 11) is 1.47. The molecule has 0 aliphatic heterocycles. The second kappa shape index (κ2) is 3.41. The third-order valence-electron chi connectivity index (χ3n) is 2.00. The van der Waals surface area contributed by atoms with E-state index in [2.05, 4.69) is 10.2 Å². The Labute approximate surface area is 81.0 Å². The Morgan fingerprint density at radius 1 is 1.36 bits per heavy atom. The lowest BCUT2D eigenvalue weighted by Crippen LogP contribution is -2.03. The van der Waals surface area contributed by atoms with Gasteiger partial charge in [0.15, 0.2) is 0 Å². The van der Waals surface area contributed by atoms with E-state index in [0.717, 1.165) is 10.9 Å². The van der Waals surface area contributed by atoms with Gasteiger partial charge >= 0.3 is 0 Å². The van der Waals surface area contributed by atoms with Crippen LogP contribution in [0, 0.1) is 5.41 Å². The van der Waals surface area contributed by atoms with Crippen molar-refractivity contribution >= 4 is 16.8 Å². The van der Waals surface area contributed by atoms with E-state index in [9.17, 15) is 0 Å².